The number of hydrogen-bond acceptors (Lipinski definition) is 2. The van der Waals surface area contributed by atoms with E-state index in [-0.39, 0.29) is 5.41 Å². The molecule has 0 fully saturated rings. The Morgan fingerprint density at radius 3 is 2.43 bits per heavy atom. The third-order valence-corrected chi connectivity index (χ3v) is 4.72. The van der Waals surface area contributed by atoms with Crippen molar-refractivity contribution in [3.05, 3.63) is 47.3 Å². The summed E-state index contributed by atoms with van der Waals surface area (Å²) < 4.78 is 0. The first kappa shape index (κ1) is 14.2. The molecule has 0 amide bonds. The number of anilines is 2. The standard InChI is InChI=1S/C19H26N2/c1-13-7-9-15-17(11-13)20(5)16-10-8-14(19(2,3)4)12-18(16)21(15)6/h7-10,12-13H,11H2,1-6H3. The molecule has 1 unspecified atom stereocenters. The Kier molecular flexibility index (Phi) is 3.16. The molecule has 0 radical (unpaired) electrons. The van der Waals surface area contributed by atoms with Crippen LogP contribution in [0.2, 0.25) is 0 Å². The van der Waals surface area contributed by atoms with E-state index in [4.69, 9.17) is 0 Å². The van der Waals surface area contributed by atoms with E-state index in [1.54, 1.807) is 0 Å². The van der Waals surface area contributed by atoms with Crippen molar-refractivity contribution in [1.82, 2.24) is 0 Å². The molecule has 112 valence electrons. The fourth-order valence-electron chi connectivity index (χ4n) is 3.26. The quantitative estimate of drug-likeness (QED) is 0.682. The second-order valence-corrected chi connectivity index (χ2v) is 7.44. The summed E-state index contributed by atoms with van der Waals surface area (Å²) in [5, 5.41) is 0. The lowest BCUT2D eigenvalue weighted by molar-refractivity contribution is 0.590. The Hall–Kier alpha value is -1.70. The van der Waals surface area contributed by atoms with Gasteiger partial charge in [-0.15, -0.1) is 0 Å². The summed E-state index contributed by atoms with van der Waals surface area (Å²) in [6, 6.07) is 6.90. The predicted molar refractivity (Wildman–Crippen MR) is 91.9 cm³/mol. The molecular formula is C19H26N2. The number of likely N-dealkylation sites (N-methyl/N-ethyl adjacent to an activating group) is 1. The van der Waals surface area contributed by atoms with Gasteiger partial charge < -0.3 is 9.80 Å². The summed E-state index contributed by atoms with van der Waals surface area (Å²) in [6.45, 7) is 9.10. The number of benzene rings is 1. The zero-order chi connectivity index (χ0) is 15.4. The van der Waals surface area contributed by atoms with E-state index in [2.05, 4.69) is 81.9 Å². The van der Waals surface area contributed by atoms with Gasteiger partial charge in [-0.05, 0) is 41.5 Å². The summed E-state index contributed by atoms with van der Waals surface area (Å²) in [6.07, 6.45) is 5.72. The largest absolute Gasteiger partial charge is 0.345 e. The maximum Gasteiger partial charge on any atom is 0.0652 e. The second kappa shape index (κ2) is 4.66. The maximum atomic E-state index is 2.37. The molecule has 0 saturated carbocycles. The molecule has 3 rings (SSSR count). The van der Waals surface area contributed by atoms with Gasteiger partial charge in [-0.2, -0.15) is 0 Å². The van der Waals surface area contributed by atoms with Crippen LogP contribution in [0, 0.1) is 5.92 Å². The van der Waals surface area contributed by atoms with E-state index in [0.29, 0.717) is 5.92 Å². The fourth-order valence-corrected chi connectivity index (χ4v) is 3.26. The highest BCUT2D eigenvalue weighted by Crippen LogP contribution is 2.43. The lowest BCUT2D eigenvalue weighted by Crippen LogP contribution is -2.34. The number of hydrogen-bond donors (Lipinski definition) is 0. The van der Waals surface area contributed by atoms with Gasteiger partial charge in [0.25, 0.3) is 0 Å². The predicted octanol–water partition coefficient (Wildman–Crippen LogP) is 4.68. The van der Waals surface area contributed by atoms with Gasteiger partial charge in [0, 0.05) is 19.8 Å². The monoisotopic (exact) mass is 282 g/mol. The highest BCUT2D eigenvalue weighted by atomic mass is 15.2. The zero-order valence-electron chi connectivity index (χ0n) is 14.1. The zero-order valence-corrected chi connectivity index (χ0v) is 14.1. The van der Waals surface area contributed by atoms with Crippen LogP contribution in [0.15, 0.2) is 41.7 Å². The van der Waals surface area contributed by atoms with Crippen molar-refractivity contribution in [2.75, 3.05) is 23.9 Å². The molecule has 1 aromatic rings. The minimum absolute atomic E-state index is 0.181. The minimum atomic E-state index is 0.181. The van der Waals surface area contributed by atoms with E-state index >= 15 is 0 Å². The van der Waals surface area contributed by atoms with Crippen LogP contribution < -0.4 is 9.80 Å². The summed E-state index contributed by atoms with van der Waals surface area (Å²) in [7, 11) is 4.39. The third-order valence-electron chi connectivity index (χ3n) is 4.72. The molecule has 1 heterocycles. The van der Waals surface area contributed by atoms with E-state index < -0.39 is 0 Å². The average Bonchev–Trinajstić information content (AvgIpc) is 2.43. The maximum absolute atomic E-state index is 2.37. The van der Waals surface area contributed by atoms with Crippen LogP contribution in [0.5, 0.6) is 0 Å². The molecule has 0 aromatic heterocycles. The lowest BCUT2D eigenvalue weighted by Gasteiger charge is -2.40. The molecule has 1 atom stereocenters. The molecule has 0 saturated heterocycles. The van der Waals surface area contributed by atoms with Crippen LogP contribution in [0.25, 0.3) is 0 Å². The first-order valence-electron chi connectivity index (χ1n) is 7.82. The number of fused-ring (bicyclic) bond motifs is 1. The van der Waals surface area contributed by atoms with Crippen molar-refractivity contribution >= 4 is 11.4 Å². The van der Waals surface area contributed by atoms with Crippen LogP contribution in [0.3, 0.4) is 0 Å². The molecule has 0 bridgehead atoms. The highest BCUT2D eigenvalue weighted by Gasteiger charge is 2.29. The van der Waals surface area contributed by atoms with E-state index in [9.17, 15) is 0 Å². The number of rotatable bonds is 0. The lowest BCUT2D eigenvalue weighted by atomic mass is 9.85. The van der Waals surface area contributed by atoms with Gasteiger partial charge in [-0.1, -0.05) is 39.8 Å². The van der Waals surface area contributed by atoms with Crippen LogP contribution in [0.1, 0.15) is 39.7 Å². The molecule has 0 spiro atoms. The third kappa shape index (κ3) is 2.27. The van der Waals surface area contributed by atoms with Crippen molar-refractivity contribution in [3.8, 4) is 0 Å². The van der Waals surface area contributed by atoms with Gasteiger partial charge in [0.1, 0.15) is 0 Å². The van der Waals surface area contributed by atoms with Crippen LogP contribution in [-0.2, 0) is 5.41 Å². The van der Waals surface area contributed by atoms with Crippen LogP contribution >= 0.6 is 0 Å². The normalized spacial score (nSPS) is 21.5. The number of nitrogens with zero attached hydrogens (tertiary/aromatic N) is 2. The topological polar surface area (TPSA) is 6.48 Å². The van der Waals surface area contributed by atoms with Crippen molar-refractivity contribution in [3.63, 3.8) is 0 Å². The van der Waals surface area contributed by atoms with Crippen molar-refractivity contribution in [2.24, 2.45) is 5.92 Å². The smallest absolute Gasteiger partial charge is 0.0652 e. The molecule has 1 aliphatic carbocycles. The van der Waals surface area contributed by atoms with Gasteiger partial charge in [0.2, 0.25) is 0 Å². The molecule has 21 heavy (non-hydrogen) atoms. The molecule has 1 aromatic carbocycles. The van der Waals surface area contributed by atoms with E-state index in [1.807, 2.05) is 0 Å². The first-order valence-corrected chi connectivity index (χ1v) is 7.82. The van der Waals surface area contributed by atoms with Gasteiger partial charge in [0.15, 0.2) is 0 Å². The summed E-state index contributed by atoms with van der Waals surface area (Å²) in [4.78, 5) is 4.72. The Balaban J connectivity index is 2.11. The van der Waals surface area contributed by atoms with Gasteiger partial charge in [-0.3, -0.25) is 0 Å². The van der Waals surface area contributed by atoms with Crippen molar-refractivity contribution in [2.45, 2.75) is 39.5 Å². The Bertz CT molecular complexity index is 631. The van der Waals surface area contributed by atoms with Gasteiger partial charge >= 0.3 is 0 Å². The summed E-state index contributed by atoms with van der Waals surface area (Å²) >= 11 is 0. The van der Waals surface area contributed by atoms with Crippen molar-refractivity contribution < 1.29 is 0 Å². The Morgan fingerprint density at radius 2 is 1.76 bits per heavy atom. The van der Waals surface area contributed by atoms with Crippen molar-refractivity contribution in [1.29, 1.82) is 0 Å². The van der Waals surface area contributed by atoms with Gasteiger partial charge in [-0.25, -0.2) is 0 Å². The summed E-state index contributed by atoms with van der Waals surface area (Å²) in [5.74, 6) is 0.620. The Morgan fingerprint density at radius 1 is 1.05 bits per heavy atom. The van der Waals surface area contributed by atoms with E-state index in [1.165, 1.54) is 28.3 Å². The fraction of sp³-hybridized carbons (Fsp3) is 0.474. The molecule has 1 aliphatic heterocycles. The average molecular weight is 282 g/mol. The van der Waals surface area contributed by atoms with Crippen LogP contribution in [0.4, 0.5) is 11.4 Å². The second-order valence-electron chi connectivity index (χ2n) is 7.44. The van der Waals surface area contributed by atoms with E-state index in [0.717, 1.165) is 6.42 Å². The number of allylic oxidation sites excluding steroid dienone is 3. The molecule has 0 N–H and O–H groups in total. The molecule has 2 heteroatoms. The first-order chi connectivity index (χ1) is 9.79. The highest BCUT2D eigenvalue weighted by molar-refractivity contribution is 5.80. The minimum Gasteiger partial charge on any atom is -0.345 e. The van der Waals surface area contributed by atoms with Gasteiger partial charge in [0.05, 0.1) is 17.1 Å². The Labute approximate surface area is 128 Å². The molecule has 2 aliphatic rings. The van der Waals surface area contributed by atoms with Crippen LogP contribution in [-0.4, -0.2) is 14.1 Å². The summed E-state index contributed by atoms with van der Waals surface area (Å²) in [5.41, 5.74) is 6.96. The SMILES string of the molecule is CC1C=CC2=C(C1)N(C)c1ccc(C(C)(C)C)cc1N2C. The molecule has 2 nitrogen and oxygen atoms in total. The molecular weight excluding hydrogens is 256 g/mol.